The molecule has 3 rings (SSSR count). The first-order valence-electron chi connectivity index (χ1n) is 8.61. The summed E-state index contributed by atoms with van der Waals surface area (Å²) in [5.41, 5.74) is 0. The fourth-order valence-electron chi connectivity index (χ4n) is 3.64. The summed E-state index contributed by atoms with van der Waals surface area (Å²) in [6.45, 7) is 8.44. The number of amides is 1. The van der Waals surface area contributed by atoms with Crippen LogP contribution in [0.4, 0.5) is 0 Å². The zero-order valence-electron chi connectivity index (χ0n) is 14.5. The zero-order chi connectivity index (χ0) is 17.3. The average molecular weight is 338 g/mol. The van der Waals surface area contributed by atoms with Gasteiger partial charge in [0.2, 0.25) is 17.7 Å². The number of likely N-dealkylation sites (tertiary alicyclic amines) is 1. The molecule has 4 atom stereocenters. The lowest BCUT2D eigenvalue weighted by Crippen LogP contribution is -2.43. The third kappa shape index (κ3) is 3.45. The van der Waals surface area contributed by atoms with E-state index in [1.807, 2.05) is 13.8 Å². The monoisotopic (exact) mass is 338 g/mol. The minimum atomic E-state index is -0.574. The first-order chi connectivity index (χ1) is 11.5. The summed E-state index contributed by atoms with van der Waals surface area (Å²) in [6, 6.07) is -0.121. The second-order valence-corrected chi connectivity index (χ2v) is 6.63. The van der Waals surface area contributed by atoms with Crippen molar-refractivity contribution in [2.24, 2.45) is 5.92 Å². The lowest BCUT2D eigenvalue weighted by Gasteiger charge is -2.28. The second kappa shape index (κ2) is 7.16. The molecular formula is C16H26N4O4. The summed E-state index contributed by atoms with van der Waals surface area (Å²) in [4.78, 5) is 16.6. The van der Waals surface area contributed by atoms with Crippen molar-refractivity contribution in [3.63, 3.8) is 0 Å². The number of carbonyl (C=O) groups is 1. The zero-order valence-corrected chi connectivity index (χ0v) is 14.5. The van der Waals surface area contributed by atoms with Crippen LogP contribution in [0, 0.1) is 12.8 Å². The molecule has 1 N–H and O–H groups in total. The summed E-state index contributed by atoms with van der Waals surface area (Å²) >= 11 is 0. The highest BCUT2D eigenvalue weighted by Gasteiger charge is 2.41. The molecule has 0 saturated carbocycles. The summed E-state index contributed by atoms with van der Waals surface area (Å²) in [5.74, 6) is 1.06. The van der Waals surface area contributed by atoms with E-state index in [0.29, 0.717) is 38.0 Å². The summed E-state index contributed by atoms with van der Waals surface area (Å²) < 4.78 is 10.9. The predicted molar refractivity (Wildman–Crippen MR) is 85.0 cm³/mol. The molecule has 134 valence electrons. The van der Waals surface area contributed by atoms with Crippen LogP contribution in [-0.2, 0) is 16.1 Å². The summed E-state index contributed by atoms with van der Waals surface area (Å²) in [5, 5.41) is 18.3. The molecular weight excluding hydrogens is 312 g/mol. The molecule has 3 heterocycles. The van der Waals surface area contributed by atoms with Gasteiger partial charge in [-0.2, -0.15) is 0 Å². The molecule has 1 aromatic rings. The number of β-amino-alcohol motifs (C(OH)–C–C–N with tert-alkyl or cyclic N) is 1. The number of hydrogen-bond donors (Lipinski definition) is 1. The Morgan fingerprint density at radius 3 is 2.79 bits per heavy atom. The van der Waals surface area contributed by atoms with Crippen LogP contribution in [0.2, 0.25) is 0 Å². The van der Waals surface area contributed by atoms with Gasteiger partial charge in [0.25, 0.3) is 0 Å². The van der Waals surface area contributed by atoms with E-state index in [1.165, 1.54) is 0 Å². The van der Waals surface area contributed by atoms with Crippen molar-refractivity contribution in [3.8, 4) is 0 Å². The largest absolute Gasteiger partial charge is 0.424 e. The summed E-state index contributed by atoms with van der Waals surface area (Å²) in [7, 11) is 0. The van der Waals surface area contributed by atoms with Gasteiger partial charge in [0, 0.05) is 26.6 Å². The molecule has 8 nitrogen and oxygen atoms in total. The van der Waals surface area contributed by atoms with Gasteiger partial charge in [0.05, 0.1) is 30.7 Å². The Labute approximate surface area is 141 Å². The van der Waals surface area contributed by atoms with E-state index in [9.17, 15) is 9.90 Å². The number of likely N-dealkylation sites (N-methyl/N-ethyl adjacent to an activating group) is 1. The fourth-order valence-corrected chi connectivity index (χ4v) is 3.64. The SMILES string of the molecule is CCN(Cc1nnc(C)o1)[C@@H]1CN(C(=O)[C@H]2CCO[C@H]2C)C[C@H]1O. The van der Waals surface area contributed by atoms with Crippen LogP contribution in [0.15, 0.2) is 4.42 Å². The molecule has 0 radical (unpaired) electrons. The Kier molecular flexibility index (Phi) is 5.17. The van der Waals surface area contributed by atoms with Crippen molar-refractivity contribution < 1.29 is 19.1 Å². The van der Waals surface area contributed by atoms with Crippen LogP contribution in [0.3, 0.4) is 0 Å². The number of aromatic nitrogens is 2. The maximum atomic E-state index is 12.7. The van der Waals surface area contributed by atoms with E-state index in [1.54, 1.807) is 11.8 Å². The molecule has 0 unspecified atom stereocenters. The van der Waals surface area contributed by atoms with E-state index in [-0.39, 0.29) is 24.0 Å². The average Bonchev–Trinajstić information content (AvgIpc) is 3.25. The van der Waals surface area contributed by atoms with Gasteiger partial charge in [-0.05, 0) is 19.9 Å². The number of aliphatic hydroxyl groups excluding tert-OH is 1. The van der Waals surface area contributed by atoms with E-state index in [4.69, 9.17) is 9.15 Å². The molecule has 0 bridgehead atoms. The Morgan fingerprint density at radius 2 is 2.21 bits per heavy atom. The van der Waals surface area contributed by atoms with Gasteiger partial charge in [-0.25, -0.2) is 0 Å². The number of ether oxygens (including phenoxy) is 1. The van der Waals surface area contributed by atoms with Crippen molar-refractivity contribution in [2.75, 3.05) is 26.2 Å². The molecule has 1 aromatic heterocycles. The summed E-state index contributed by atoms with van der Waals surface area (Å²) in [6.07, 6.45) is 0.142. The van der Waals surface area contributed by atoms with Gasteiger partial charge in [-0.15, -0.1) is 10.2 Å². The molecule has 0 aliphatic carbocycles. The smallest absolute Gasteiger partial charge is 0.230 e. The standard InChI is InChI=1S/C16H26N4O4/c1-4-19(9-15-18-17-11(3)24-15)13-7-20(8-14(13)21)16(22)12-5-6-23-10(12)2/h10,12-14,21H,4-9H2,1-3H3/t10-,12-,13+,14+/m0/s1. The number of aliphatic hydroxyl groups is 1. The van der Waals surface area contributed by atoms with Gasteiger partial charge in [0.1, 0.15) is 0 Å². The normalized spacial score (nSPS) is 30.5. The van der Waals surface area contributed by atoms with Gasteiger partial charge < -0.3 is 19.2 Å². The lowest BCUT2D eigenvalue weighted by atomic mass is 10.0. The second-order valence-electron chi connectivity index (χ2n) is 6.63. The minimum Gasteiger partial charge on any atom is -0.424 e. The van der Waals surface area contributed by atoms with E-state index < -0.39 is 6.10 Å². The number of hydrogen-bond acceptors (Lipinski definition) is 7. The first-order valence-corrected chi connectivity index (χ1v) is 8.61. The van der Waals surface area contributed by atoms with Crippen LogP contribution >= 0.6 is 0 Å². The Hall–Kier alpha value is -1.51. The highest BCUT2D eigenvalue weighted by Crippen LogP contribution is 2.26. The molecule has 2 aliphatic rings. The molecule has 2 aliphatic heterocycles. The molecule has 2 fully saturated rings. The lowest BCUT2D eigenvalue weighted by molar-refractivity contribution is -0.136. The van der Waals surface area contributed by atoms with Crippen molar-refractivity contribution in [3.05, 3.63) is 11.8 Å². The van der Waals surface area contributed by atoms with E-state index >= 15 is 0 Å². The maximum Gasteiger partial charge on any atom is 0.230 e. The van der Waals surface area contributed by atoms with Crippen molar-refractivity contribution in [1.82, 2.24) is 20.0 Å². The van der Waals surface area contributed by atoms with Crippen LogP contribution in [-0.4, -0.2) is 75.5 Å². The van der Waals surface area contributed by atoms with Crippen molar-refractivity contribution >= 4 is 5.91 Å². The fraction of sp³-hybridized carbons (Fsp3) is 0.812. The molecule has 0 aromatic carbocycles. The van der Waals surface area contributed by atoms with Crippen LogP contribution in [0.1, 0.15) is 32.0 Å². The van der Waals surface area contributed by atoms with Gasteiger partial charge in [-0.3, -0.25) is 9.69 Å². The molecule has 0 spiro atoms. The van der Waals surface area contributed by atoms with Gasteiger partial charge in [0.15, 0.2) is 0 Å². The first kappa shape index (κ1) is 17.3. The number of aryl methyl sites for hydroxylation is 1. The van der Waals surface area contributed by atoms with Crippen molar-refractivity contribution in [1.29, 1.82) is 0 Å². The Morgan fingerprint density at radius 1 is 1.42 bits per heavy atom. The molecule has 1 amide bonds. The number of carbonyl (C=O) groups excluding carboxylic acids is 1. The molecule has 2 saturated heterocycles. The van der Waals surface area contributed by atoms with Crippen LogP contribution < -0.4 is 0 Å². The topological polar surface area (TPSA) is 91.9 Å². The highest BCUT2D eigenvalue weighted by molar-refractivity contribution is 5.80. The van der Waals surface area contributed by atoms with Crippen LogP contribution in [0.5, 0.6) is 0 Å². The van der Waals surface area contributed by atoms with Gasteiger partial charge >= 0.3 is 0 Å². The quantitative estimate of drug-likeness (QED) is 0.820. The molecule has 24 heavy (non-hydrogen) atoms. The van der Waals surface area contributed by atoms with Crippen LogP contribution in [0.25, 0.3) is 0 Å². The van der Waals surface area contributed by atoms with Gasteiger partial charge in [-0.1, -0.05) is 6.92 Å². The Balaban J connectivity index is 1.64. The third-order valence-electron chi connectivity index (χ3n) is 5.05. The number of nitrogens with zero attached hydrogens (tertiary/aromatic N) is 4. The Bertz CT molecular complexity index is 578. The number of rotatable bonds is 5. The maximum absolute atomic E-state index is 12.7. The minimum absolute atomic E-state index is 0.0441. The third-order valence-corrected chi connectivity index (χ3v) is 5.05. The van der Waals surface area contributed by atoms with E-state index in [0.717, 1.165) is 13.0 Å². The molecule has 8 heteroatoms. The highest BCUT2D eigenvalue weighted by atomic mass is 16.5. The predicted octanol–water partition coefficient (Wildman–Crippen LogP) is 0.197. The van der Waals surface area contributed by atoms with Crippen molar-refractivity contribution in [2.45, 2.75) is 52.0 Å². The van der Waals surface area contributed by atoms with E-state index in [2.05, 4.69) is 15.1 Å².